The maximum atomic E-state index is 12.8. The molecule has 2 aromatic carbocycles. The monoisotopic (exact) mass is 419 g/mol. The van der Waals surface area contributed by atoms with E-state index in [-0.39, 0.29) is 17.2 Å². The van der Waals surface area contributed by atoms with E-state index in [2.05, 4.69) is 4.90 Å². The fourth-order valence-corrected chi connectivity index (χ4v) is 3.54. The molecule has 1 aliphatic rings. The molecule has 3 rings (SSSR count). The van der Waals surface area contributed by atoms with E-state index in [0.29, 0.717) is 37.7 Å². The minimum atomic E-state index is -0.561. The molecule has 1 heterocycles. The van der Waals surface area contributed by atoms with Gasteiger partial charge in [0.2, 0.25) is 0 Å². The van der Waals surface area contributed by atoms with Gasteiger partial charge < -0.3 is 14.4 Å². The van der Waals surface area contributed by atoms with E-state index in [9.17, 15) is 14.9 Å². The van der Waals surface area contributed by atoms with Crippen molar-refractivity contribution < 1.29 is 19.2 Å². The smallest absolute Gasteiger partial charge is 0.282 e. The standard InChI is InChI=1S/C20H22ClN3O5/c1-28-16-4-6-19(29-2)14(11-16)13-22-7-9-23(10-8-22)20(25)17-12-15(21)3-5-18(17)24(26)27/h3-6,11-12H,7-10,13H2,1-2H3. The van der Waals surface area contributed by atoms with Crippen LogP contribution in [0.25, 0.3) is 0 Å². The summed E-state index contributed by atoms with van der Waals surface area (Å²) in [5.74, 6) is 1.15. The maximum Gasteiger partial charge on any atom is 0.282 e. The number of ether oxygens (including phenoxy) is 2. The Morgan fingerprint density at radius 3 is 2.45 bits per heavy atom. The number of nitrogens with zero attached hydrogens (tertiary/aromatic N) is 3. The van der Waals surface area contributed by atoms with Gasteiger partial charge in [-0.15, -0.1) is 0 Å². The van der Waals surface area contributed by atoms with Gasteiger partial charge in [-0.1, -0.05) is 11.6 Å². The lowest BCUT2D eigenvalue weighted by Gasteiger charge is -2.35. The molecular formula is C20H22ClN3O5. The Labute approximate surface area is 173 Å². The molecule has 8 nitrogen and oxygen atoms in total. The lowest BCUT2D eigenvalue weighted by atomic mass is 10.1. The molecule has 1 saturated heterocycles. The van der Waals surface area contributed by atoms with Crippen LogP contribution in [0.2, 0.25) is 5.02 Å². The summed E-state index contributed by atoms with van der Waals surface area (Å²) in [6.45, 7) is 2.87. The SMILES string of the molecule is COc1ccc(OC)c(CN2CCN(C(=O)c3cc(Cl)ccc3[N+](=O)[O-])CC2)c1. The molecule has 1 aliphatic heterocycles. The molecule has 9 heteroatoms. The first-order chi connectivity index (χ1) is 13.9. The highest BCUT2D eigenvalue weighted by molar-refractivity contribution is 6.31. The van der Waals surface area contributed by atoms with Crippen molar-refractivity contribution in [2.45, 2.75) is 6.54 Å². The van der Waals surface area contributed by atoms with E-state index in [1.807, 2.05) is 18.2 Å². The van der Waals surface area contributed by atoms with Crippen molar-refractivity contribution in [1.82, 2.24) is 9.80 Å². The molecule has 0 unspecified atom stereocenters. The molecule has 0 bridgehead atoms. The Kier molecular flexibility index (Phi) is 6.56. The van der Waals surface area contributed by atoms with Crippen LogP contribution < -0.4 is 9.47 Å². The maximum absolute atomic E-state index is 12.8. The largest absolute Gasteiger partial charge is 0.497 e. The van der Waals surface area contributed by atoms with Crippen LogP contribution in [0.3, 0.4) is 0 Å². The highest BCUT2D eigenvalue weighted by atomic mass is 35.5. The average molecular weight is 420 g/mol. The summed E-state index contributed by atoms with van der Waals surface area (Å²) in [5.41, 5.74) is 0.783. The van der Waals surface area contributed by atoms with E-state index in [0.717, 1.165) is 17.1 Å². The van der Waals surface area contributed by atoms with Crippen molar-refractivity contribution in [2.75, 3.05) is 40.4 Å². The number of halogens is 1. The number of piperazine rings is 1. The Hall–Kier alpha value is -2.84. The lowest BCUT2D eigenvalue weighted by Crippen LogP contribution is -2.48. The Bertz CT molecular complexity index is 913. The van der Waals surface area contributed by atoms with Crippen molar-refractivity contribution in [1.29, 1.82) is 0 Å². The van der Waals surface area contributed by atoms with E-state index in [1.165, 1.54) is 18.2 Å². The summed E-state index contributed by atoms with van der Waals surface area (Å²) in [4.78, 5) is 27.3. The number of nitro benzene ring substituents is 1. The van der Waals surface area contributed by atoms with Gasteiger partial charge in [-0.05, 0) is 30.3 Å². The number of benzene rings is 2. The molecule has 1 amide bonds. The average Bonchev–Trinajstić information content (AvgIpc) is 2.73. The summed E-state index contributed by atoms with van der Waals surface area (Å²) >= 11 is 5.95. The number of hydrogen-bond acceptors (Lipinski definition) is 6. The molecular weight excluding hydrogens is 398 g/mol. The lowest BCUT2D eigenvalue weighted by molar-refractivity contribution is -0.385. The van der Waals surface area contributed by atoms with Gasteiger partial charge in [-0.2, -0.15) is 0 Å². The second-order valence-corrected chi connectivity index (χ2v) is 7.10. The number of carbonyl (C=O) groups is 1. The first-order valence-electron chi connectivity index (χ1n) is 9.09. The van der Waals surface area contributed by atoms with Gasteiger partial charge >= 0.3 is 0 Å². The number of rotatable bonds is 6. The number of methoxy groups -OCH3 is 2. The molecule has 29 heavy (non-hydrogen) atoms. The van der Waals surface area contributed by atoms with E-state index in [1.54, 1.807) is 19.1 Å². The minimum Gasteiger partial charge on any atom is -0.497 e. The third-order valence-electron chi connectivity index (χ3n) is 4.93. The van der Waals surface area contributed by atoms with E-state index < -0.39 is 4.92 Å². The first-order valence-corrected chi connectivity index (χ1v) is 9.47. The van der Waals surface area contributed by atoms with Crippen LogP contribution in [0.15, 0.2) is 36.4 Å². The molecule has 0 radical (unpaired) electrons. The second-order valence-electron chi connectivity index (χ2n) is 6.66. The molecule has 0 aliphatic carbocycles. The van der Waals surface area contributed by atoms with Gasteiger partial charge in [0.05, 0.1) is 19.1 Å². The summed E-state index contributed by atoms with van der Waals surface area (Å²) in [6.07, 6.45) is 0. The zero-order valence-electron chi connectivity index (χ0n) is 16.3. The fourth-order valence-electron chi connectivity index (χ4n) is 3.36. The summed E-state index contributed by atoms with van der Waals surface area (Å²) in [5, 5.41) is 11.5. The van der Waals surface area contributed by atoms with E-state index in [4.69, 9.17) is 21.1 Å². The summed E-state index contributed by atoms with van der Waals surface area (Å²) in [6, 6.07) is 9.68. The Balaban J connectivity index is 1.68. The third kappa shape index (κ3) is 4.78. The Morgan fingerprint density at radius 2 is 1.83 bits per heavy atom. The van der Waals surface area contributed by atoms with Crippen molar-refractivity contribution in [3.05, 3.63) is 62.7 Å². The van der Waals surface area contributed by atoms with Crippen LogP contribution in [0.1, 0.15) is 15.9 Å². The van der Waals surface area contributed by atoms with Gasteiger partial charge in [0, 0.05) is 49.4 Å². The number of carbonyl (C=O) groups excluding carboxylic acids is 1. The number of amides is 1. The van der Waals surface area contributed by atoms with Gasteiger partial charge in [0.1, 0.15) is 17.1 Å². The Morgan fingerprint density at radius 1 is 1.10 bits per heavy atom. The molecule has 0 atom stereocenters. The van der Waals surface area contributed by atoms with Crippen molar-refractivity contribution >= 4 is 23.2 Å². The summed E-state index contributed by atoms with van der Waals surface area (Å²) < 4.78 is 10.7. The highest BCUT2D eigenvalue weighted by Gasteiger charge is 2.28. The van der Waals surface area contributed by atoms with Crippen LogP contribution >= 0.6 is 11.6 Å². The van der Waals surface area contributed by atoms with Crippen molar-refractivity contribution in [2.24, 2.45) is 0 Å². The zero-order valence-corrected chi connectivity index (χ0v) is 17.0. The molecule has 0 N–H and O–H groups in total. The quantitative estimate of drug-likeness (QED) is 0.528. The number of nitro groups is 1. The van der Waals surface area contributed by atoms with E-state index >= 15 is 0 Å². The van der Waals surface area contributed by atoms with Crippen molar-refractivity contribution in [3.63, 3.8) is 0 Å². The van der Waals surface area contributed by atoms with Crippen molar-refractivity contribution in [3.8, 4) is 11.5 Å². The van der Waals surface area contributed by atoms with Gasteiger partial charge in [0.25, 0.3) is 11.6 Å². The zero-order chi connectivity index (χ0) is 21.0. The molecule has 0 saturated carbocycles. The van der Waals surface area contributed by atoms with Gasteiger partial charge in [-0.25, -0.2) is 0 Å². The van der Waals surface area contributed by atoms with Gasteiger partial charge in [-0.3, -0.25) is 19.8 Å². The van der Waals surface area contributed by atoms with Crippen LogP contribution in [-0.4, -0.2) is 61.0 Å². The topological polar surface area (TPSA) is 85.2 Å². The molecule has 0 aromatic heterocycles. The fraction of sp³-hybridized carbons (Fsp3) is 0.350. The van der Waals surface area contributed by atoms with Gasteiger partial charge in [0.15, 0.2) is 0 Å². The second kappa shape index (κ2) is 9.11. The molecule has 1 fully saturated rings. The number of hydrogen-bond donors (Lipinski definition) is 0. The molecule has 0 spiro atoms. The predicted molar refractivity (Wildman–Crippen MR) is 109 cm³/mol. The normalized spacial score (nSPS) is 14.5. The first kappa shape index (κ1) is 20.9. The van der Waals surface area contributed by atoms with Crippen LogP contribution in [-0.2, 0) is 6.54 Å². The molecule has 2 aromatic rings. The predicted octanol–water partition coefficient (Wildman–Crippen LogP) is 3.22. The van der Waals surface area contributed by atoms with Crippen LogP contribution in [0, 0.1) is 10.1 Å². The van der Waals surface area contributed by atoms with Crippen LogP contribution in [0.5, 0.6) is 11.5 Å². The molecule has 154 valence electrons. The third-order valence-corrected chi connectivity index (χ3v) is 5.16. The summed E-state index contributed by atoms with van der Waals surface area (Å²) in [7, 11) is 3.24. The minimum absolute atomic E-state index is 0.0189. The highest BCUT2D eigenvalue weighted by Crippen LogP contribution is 2.27. The van der Waals surface area contributed by atoms with Crippen LogP contribution in [0.4, 0.5) is 5.69 Å².